The van der Waals surface area contributed by atoms with Gasteiger partial charge in [0.25, 0.3) is 0 Å². The molecule has 1 N–H and O–H groups in total. The van der Waals surface area contributed by atoms with Crippen molar-refractivity contribution in [2.45, 2.75) is 26.6 Å². The maximum atomic E-state index is 12.8. The molecule has 0 saturated carbocycles. The molecular weight excluding hydrogens is 331 g/mol. The second kappa shape index (κ2) is 6.54. The van der Waals surface area contributed by atoms with Gasteiger partial charge in [0.15, 0.2) is 5.82 Å². The third-order valence-corrected chi connectivity index (χ3v) is 3.58. The Morgan fingerprint density at radius 2 is 1.92 bits per heavy atom. The van der Waals surface area contributed by atoms with Crippen LogP contribution < -0.4 is 5.32 Å². The highest BCUT2D eigenvalue weighted by atomic mass is 19.4. The smallest absolute Gasteiger partial charge is 0.365 e. The highest BCUT2D eigenvalue weighted by Crippen LogP contribution is 2.29. The molecule has 8 heteroatoms. The number of aryl methyl sites for hydroxylation is 2. The van der Waals surface area contributed by atoms with Crippen LogP contribution in [-0.2, 0) is 12.7 Å². The van der Waals surface area contributed by atoms with Crippen LogP contribution in [0, 0.1) is 13.8 Å². The lowest BCUT2D eigenvalue weighted by molar-refractivity contribution is -0.137. The van der Waals surface area contributed by atoms with Gasteiger partial charge in [-0.25, -0.2) is 9.67 Å². The van der Waals surface area contributed by atoms with Crippen LogP contribution in [0.5, 0.6) is 0 Å². The number of hydrogen-bond acceptors (Lipinski definition) is 4. The molecule has 0 aliphatic heterocycles. The molecule has 25 heavy (non-hydrogen) atoms. The second-order valence-corrected chi connectivity index (χ2v) is 5.65. The Labute approximate surface area is 142 Å². The molecule has 2 aromatic heterocycles. The van der Waals surface area contributed by atoms with Gasteiger partial charge in [-0.05, 0) is 37.6 Å². The van der Waals surface area contributed by atoms with E-state index in [0.717, 1.165) is 23.5 Å². The van der Waals surface area contributed by atoms with Crippen molar-refractivity contribution in [3.63, 3.8) is 0 Å². The molecule has 0 saturated heterocycles. The summed E-state index contributed by atoms with van der Waals surface area (Å²) >= 11 is 0. The predicted molar refractivity (Wildman–Crippen MR) is 87.4 cm³/mol. The number of nitrogens with one attached hydrogen (secondary N) is 1. The molecule has 0 amide bonds. The Morgan fingerprint density at radius 3 is 2.60 bits per heavy atom. The molecule has 1 aromatic carbocycles. The molecule has 2 heterocycles. The van der Waals surface area contributed by atoms with Crippen molar-refractivity contribution in [2.24, 2.45) is 0 Å². The summed E-state index contributed by atoms with van der Waals surface area (Å²) in [5.74, 6) is 1.00. The Kier molecular flexibility index (Phi) is 4.43. The summed E-state index contributed by atoms with van der Waals surface area (Å²) in [7, 11) is 0. The number of alkyl halides is 3. The molecular formula is C17H16F3N5. The fourth-order valence-corrected chi connectivity index (χ4v) is 2.45. The molecule has 0 unspecified atom stereocenters. The number of benzene rings is 1. The molecule has 5 nitrogen and oxygen atoms in total. The van der Waals surface area contributed by atoms with E-state index in [2.05, 4.69) is 20.4 Å². The number of halogens is 3. The molecule has 0 aliphatic rings. The lowest BCUT2D eigenvalue weighted by atomic mass is 10.1. The normalized spacial score (nSPS) is 11.6. The first kappa shape index (κ1) is 16.9. The number of nitrogens with zero attached hydrogens (tertiary/aromatic N) is 4. The van der Waals surface area contributed by atoms with E-state index >= 15 is 0 Å². The number of aromatic nitrogens is 4. The summed E-state index contributed by atoms with van der Waals surface area (Å²) in [6, 6.07) is 7.10. The average Bonchev–Trinajstić information content (AvgIpc) is 2.91. The van der Waals surface area contributed by atoms with Crippen LogP contribution in [0.25, 0.3) is 5.82 Å². The zero-order valence-electron chi connectivity index (χ0n) is 13.7. The molecule has 130 valence electrons. The number of hydrogen-bond donors (Lipinski definition) is 1. The Bertz CT molecular complexity index is 886. The standard InChI is InChI=1S/C17H16F3N5/c1-11-6-12(2)25(24-11)16-10-21-9-15(23-16)22-8-13-4-3-5-14(7-13)17(18,19)20/h3-7,9-10H,8H2,1-2H3,(H,22,23). The van der Waals surface area contributed by atoms with Crippen LogP contribution in [0.3, 0.4) is 0 Å². The number of rotatable bonds is 4. The van der Waals surface area contributed by atoms with Gasteiger partial charge in [-0.15, -0.1) is 0 Å². The molecule has 3 rings (SSSR count). The zero-order chi connectivity index (χ0) is 18.0. The summed E-state index contributed by atoms with van der Waals surface area (Å²) in [5.41, 5.74) is 1.62. The van der Waals surface area contributed by atoms with E-state index < -0.39 is 11.7 Å². The van der Waals surface area contributed by atoms with E-state index in [1.54, 1.807) is 16.9 Å². The summed E-state index contributed by atoms with van der Waals surface area (Å²) in [5, 5.41) is 7.33. The van der Waals surface area contributed by atoms with Crippen molar-refractivity contribution in [2.75, 3.05) is 5.32 Å². The molecule has 0 spiro atoms. The second-order valence-electron chi connectivity index (χ2n) is 5.65. The van der Waals surface area contributed by atoms with E-state index in [4.69, 9.17) is 0 Å². The van der Waals surface area contributed by atoms with Gasteiger partial charge in [-0.1, -0.05) is 12.1 Å². The third-order valence-electron chi connectivity index (χ3n) is 3.58. The van der Waals surface area contributed by atoms with E-state index in [1.807, 2.05) is 19.9 Å². The molecule has 0 bridgehead atoms. The Balaban J connectivity index is 1.76. The third kappa shape index (κ3) is 3.96. The maximum absolute atomic E-state index is 12.8. The first-order valence-corrected chi connectivity index (χ1v) is 7.58. The van der Waals surface area contributed by atoms with Gasteiger partial charge >= 0.3 is 6.18 Å². The van der Waals surface area contributed by atoms with Gasteiger partial charge < -0.3 is 5.32 Å². The summed E-state index contributed by atoms with van der Waals surface area (Å²) < 4.78 is 39.9. The quantitative estimate of drug-likeness (QED) is 0.777. The Morgan fingerprint density at radius 1 is 1.12 bits per heavy atom. The minimum Gasteiger partial charge on any atom is -0.365 e. The highest BCUT2D eigenvalue weighted by Gasteiger charge is 2.30. The monoisotopic (exact) mass is 347 g/mol. The van der Waals surface area contributed by atoms with Crippen LogP contribution in [0.2, 0.25) is 0 Å². The molecule has 0 aliphatic carbocycles. The van der Waals surface area contributed by atoms with Crippen LogP contribution >= 0.6 is 0 Å². The Hall–Kier alpha value is -2.90. The highest BCUT2D eigenvalue weighted by molar-refractivity contribution is 5.38. The molecule has 0 radical (unpaired) electrons. The molecule has 0 fully saturated rings. The molecule has 0 atom stereocenters. The predicted octanol–water partition coefficient (Wildman–Crippen LogP) is 3.91. The zero-order valence-corrected chi connectivity index (χ0v) is 13.7. The van der Waals surface area contributed by atoms with Crippen LogP contribution in [0.4, 0.5) is 19.0 Å². The first-order valence-electron chi connectivity index (χ1n) is 7.58. The van der Waals surface area contributed by atoms with Crippen LogP contribution in [0.1, 0.15) is 22.5 Å². The first-order chi connectivity index (χ1) is 11.8. The van der Waals surface area contributed by atoms with Crippen molar-refractivity contribution in [1.82, 2.24) is 19.7 Å². The maximum Gasteiger partial charge on any atom is 0.416 e. The lowest BCUT2D eigenvalue weighted by Gasteiger charge is -2.10. The molecule has 3 aromatic rings. The van der Waals surface area contributed by atoms with Gasteiger partial charge in [-0.3, -0.25) is 4.98 Å². The van der Waals surface area contributed by atoms with Crippen molar-refractivity contribution in [1.29, 1.82) is 0 Å². The van der Waals surface area contributed by atoms with E-state index in [1.165, 1.54) is 12.3 Å². The van der Waals surface area contributed by atoms with Crippen molar-refractivity contribution < 1.29 is 13.2 Å². The van der Waals surface area contributed by atoms with Crippen molar-refractivity contribution in [3.05, 3.63) is 65.2 Å². The minimum absolute atomic E-state index is 0.208. The van der Waals surface area contributed by atoms with E-state index in [-0.39, 0.29) is 6.54 Å². The SMILES string of the molecule is Cc1cc(C)n(-c2cncc(NCc3cccc(C(F)(F)F)c3)n2)n1. The lowest BCUT2D eigenvalue weighted by Crippen LogP contribution is -2.09. The largest absolute Gasteiger partial charge is 0.416 e. The topological polar surface area (TPSA) is 55.6 Å². The van der Waals surface area contributed by atoms with Crippen LogP contribution in [-0.4, -0.2) is 19.7 Å². The summed E-state index contributed by atoms with van der Waals surface area (Å²) in [6.07, 6.45) is -1.26. The summed E-state index contributed by atoms with van der Waals surface area (Å²) in [6.45, 7) is 4.00. The van der Waals surface area contributed by atoms with Crippen molar-refractivity contribution in [3.8, 4) is 5.82 Å². The average molecular weight is 347 g/mol. The fraction of sp³-hybridized carbons (Fsp3) is 0.235. The van der Waals surface area contributed by atoms with Gasteiger partial charge in [0.2, 0.25) is 0 Å². The van der Waals surface area contributed by atoms with Gasteiger partial charge in [-0.2, -0.15) is 18.3 Å². The van der Waals surface area contributed by atoms with E-state index in [0.29, 0.717) is 17.2 Å². The minimum atomic E-state index is -4.36. The van der Waals surface area contributed by atoms with E-state index in [9.17, 15) is 13.2 Å². The van der Waals surface area contributed by atoms with Gasteiger partial charge in [0.05, 0.1) is 23.7 Å². The van der Waals surface area contributed by atoms with Crippen molar-refractivity contribution >= 4 is 5.82 Å². The number of anilines is 1. The van der Waals surface area contributed by atoms with Gasteiger partial charge in [0.1, 0.15) is 5.82 Å². The fourth-order valence-electron chi connectivity index (χ4n) is 2.45. The van der Waals surface area contributed by atoms with Gasteiger partial charge in [0, 0.05) is 12.2 Å². The van der Waals surface area contributed by atoms with Crippen LogP contribution in [0.15, 0.2) is 42.7 Å². The summed E-state index contributed by atoms with van der Waals surface area (Å²) in [4.78, 5) is 8.52.